The Morgan fingerprint density at radius 2 is 2.25 bits per heavy atom. The molecule has 1 aliphatic heterocycles. The van der Waals surface area contributed by atoms with Gasteiger partial charge in [-0.1, -0.05) is 18.2 Å². The maximum atomic E-state index is 11.5. The van der Waals surface area contributed by atoms with E-state index in [9.17, 15) is 9.59 Å². The van der Waals surface area contributed by atoms with E-state index in [1.807, 2.05) is 0 Å². The van der Waals surface area contributed by atoms with Crippen molar-refractivity contribution in [3.05, 3.63) is 35.4 Å². The molecule has 0 spiro atoms. The number of rotatable bonds is 2. The first-order valence-electron chi connectivity index (χ1n) is 4.83. The van der Waals surface area contributed by atoms with Gasteiger partial charge in [0.15, 0.2) is 0 Å². The summed E-state index contributed by atoms with van der Waals surface area (Å²) < 4.78 is 9.46. The number of benzene rings is 1. The summed E-state index contributed by atoms with van der Waals surface area (Å²) in [6, 6.07) is 6.68. The summed E-state index contributed by atoms with van der Waals surface area (Å²) in [6.07, 6.45) is -0.468. The van der Waals surface area contributed by atoms with Gasteiger partial charge in [-0.15, -0.1) is 0 Å². The van der Waals surface area contributed by atoms with Gasteiger partial charge in [-0.2, -0.15) is 0 Å². The second-order valence-corrected chi connectivity index (χ2v) is 3.37. The Morgan fingerprint density at radius 3 is 2.88 bits per heavy atom. The van der Waals surface area contributed by atoms with E-state index in [2.05, 4.69) is 10.1 Å². The molecule has 1 unspecified atom stereocenters. The van der Waals surface area contributed by atoms with Crippen molar-refractivity contribution < 1.29 is 19.1 Å². The van der Waals surface area contributed by atoms with E-state index in [0.29, 0.717) is 11.1 Å². The Kier molecular flexibility index (Phi) is 2.76. The molecule has 1 N–H and O–H groups in total. The maximum Gasteiger partial charge on any atom is 0.407 e. The Balaban J connectivity index is 2.33. The molecule has 0 aliphatic carbocycles. The quantitative estimate of drug-likeness (QED) is 0.763. The number of hydrogen-bond donors (Lipinski definition) is 1. The fourth-order valence-electron chi connectivity index (χ4n) is 1.65. The van der Waals surface area contributed by atoms with Crippen molar-refractivity contribution in [2.24, 2.45) is 0 Å². The highest BCUT2D eigenvalue weighted by Gasteiger charge is 2.27. The number of methoxy groups -OCH3 is 1. The third kappa shape index (κ3) is 1.84. The van der Waals surface area contributed by atoms with Crippen LogP contribution in [0.5, 0.6) is 0 Å². The Morgan fingerprint density at radius 1 is 1.50 bits per heavy atom. The standard InChI is InChI=1S/C11H11NO4/c1-15-10(13)8-5-3-2-4-7(8)9-6-16-11(14)12-9/h2-5,9H,6H2,1H3,(H,12,14). The Bertz CT molecular complexity index is 430. The van der Waals surface area contributed by atoms with Gasteiger partial charge in [0, 0.05) is 0 Å². The number of cyclic esters (lactones) is 1. The van der Waals surface area contributed by atoms with E-state index in [4.69, 9.17) is 4.74 Å². The molecule has 5 heteroatoms. The second kappa shape index (κ2) is 4.22. The predicted octanol–water partition coefficient (Wildman–Crippen LogP) is 1.25. The summed E-state index contributed by atoms with van der Waals surface area (Å²) in [5.41, 5.74) is 1.15. The molecule has 1 aromatic rings. The van der Waals surface area contributed by atoms with E-state index in [-0.39, 0.29) is 12.6 Å². The van der Waals surface area contributed by atoms with Crippen molar-refractivity contribution in [2.45, 2.75) is 6.04 Å². The molecule has 1 amide bonds. The molecule has 1 aromatic carbocycles. The van der Waals surface area contributed by atoms with Gasteiger partial charge in [-0.05, 0) is 11.6 Å². The maximum absolute atomic E-state index is 11.5. The SMILES string of the molecule is COC(=O)c1ccccc1C1COC(=O)N1. The zero-order valence-corrected chi connectivity index (χ0v) is 8.73. The molecular formula is C11H11NO4. The summed E-state index contributed by atoms with van der Waals surface area (Å²) in [6.45, 7) is 0.229. The molecule has 2 rings (SSSR count). The minimum absolute atomic E-state index is 0.229. The van der Waals surface area contributed by atoms with Crippen LogP contribution in [0.4, 0.5) is 4.79 Å². The van der Waals surface area contributed by atoms with Crippen LogP contribution in [-0.4, -0.2) is 25.8 Å². The smallest absolute Gasteiger partial charge is 0.407 e. The third-order valence-electron chi connectivity index (χ3n) is 2.41. The molecule has 0 aromatic heterocycles. The van der Waals surface area contributed by atoms with E-state index in [0.717, 1.165) is 0 Å². The molecule has 1 fully saturated rings. The van der Waals surface area contributed by atoms with Gasteiger partial charge >= 0.3 is 12.1 Å². The van der Waals surface area contributed by atoms with E-state index in [1.54, 1.807) is 24.3 Å². The van der Waals surface area contributed by atoms with E-state index >= 15 is 0 Å². The van der Waals surface area contributed by atoms with Crippen molar-refractivity contribution in [1.29, 1.82) is 0 Å². The predicted molar refractivity (Wildman–Crippen MR) is 55.0 cm³/mol. The van der Waals surface area contributed by atoms with Crippen LogP contribution in [0.15, 0.2) is 24.3 Å². The first kappa shape index (κ1) is 10.5. The summed E-state index contributed by atoms with van der Waals surface area (Å²) >= 11 is 0. The zero-order valence-electron chi connectivity index (χ0n) is 8.73. The van der Waals surface area contributed by atoms with E-state index < -0.39 is 12.1 Å². The van der Waals surface area contributed by atoms with Gasteiger partial charge in [0.05, 0.1) is 18.7 Å². The largest absolute Gasteiger partial charge is 0.465 e. The number of hydrogen-bond acceptors (Lipinski definition) is 4. The number of carbonyl (C=O) groups is 2. The minimum Gasteiger partial charge on any atom is -0.465 e. The number of alkyl carbamates (subject to hydrolysis) is 1. The van der Waals surface area contributed by atoms with Crippen LogP contribution in [0.2, 0.25) is 0 Å². The van der Waals surface area contributed by atoms with Crippen molar-refractivity contribution in [1.82, 2.24) is 5.32 Å². The first-order chi connectivity index (χ1) is 7.72. The van der Waals surface area contributed by atoms with Gasteiger partial charge in [-0.3, -0.25) is 0 Å². The van der Waals surface area contributed by atoms with Gasteiger partial charge in [0.2, 0.25) is 0 Å². The van der Waals surface area contributed by atoms with Crippen molar-refractivity contribution in [3.63, 3.8) is 0 Å². The Labute approximate surface area is 92.4 Å². The fourth-order valence-corrected chi connectivity index (χ4v) is 1.65. The molecule has 0 saturated carbocycles. The highest BCUT2D eigenvalue weighted by molar-refractivity contribution is 5.91. The molecule has 16 heavy (non-hydrogen) atoms. The number of nitrogens with one attached hydrogen (secondary N) is 1. The minimum atomic E-state index is -0.468. The van der Waals surface area contributed by atoms with Gasteiger partial charge in [0.25, 0.3) is 0 Å². The molecule has 1 heterocycles. The van der Waals surface area contributed by atoms with Crippen LogP contribution in [-0.2, 0) is 9.47 Å². The summed E-state index contributed by atoms with van der Waals surface area (Å²) in [5, 5.41) is 2.62. The van der Waals surface area contributed by atoms with Crippen LogP contribution in [0.1, 0.15) is 22.0 Å². The number of esters is 1. The van der Waals surface area contributed by atoms with Crippen LogP contribution >= 0.6 is 0 Å². The average molecular weight is 221 g/mol. The van der Waals surface area contributed by atoms with Crippen molar-refractivity contribution in [3.8, 4) is 0 Å². The number of ether oxygens (including phenoxy) is 2. The van der Waals surface area contributed by atoms with Crippen LogP contribution in [0.25, 0.3) is 0 Å². The normalized spacial score (nSPS) is 18.8. The van der Waals surface area contributed by atoms with Crippen molar-refractivity contribution in [2.75, 3.05) is 13.7 Å². The van der Waals surface area contributed by atoms with Gasteiger partial charge < -0.3 is 14.8 Å². The number of amides is 1. The molecule has 5 nitrogen and oxygen atoms in total. The Hall–Kier alpha value is -2.04. The summed E-state index contributed by atoms with van der Waals surface area (Å²) in [7, 11) is 1.32. The van der Waals surface area contributed by atoms with E-state index in [1.165, 1.54) is 7.11 Å². The molecule has 0 radical (unpaired) electrons. The monoisotopic (exact) mass is 221 g/mol. The molecular weight excluding hydrogens is 210 g/mol. The fraction of sp³-hybridized carbons (Fsp3) is 0.273. The summed E-state index contributed by atoms with van der Waals surface area (Å²) in [4.78, 5) is 22.4. The molecule has 84 valence electrons. The zero-order chi connectivity index (χ0) is 11.5. The average Bonchev–Trinajstić information content (AvgIpc) is 2.75. The van der Waals surface area contributed by atoms with Gasteiger partial charge in [0.1, 0.15) is 6.61 Å². The van der Waals surface area contributed by atoms with Crippen LogP contribution in [0, 0.1) is 0 Å². The number of carbonyl (C=O) groups excluding carboxylic acids is 2. The molecule has 1 atom stereocenters. The topological polar surface area (TPSA) is 64.6 Å². The molecule has 1 aliphatic rings. The third-order valence-corrected chi connectivity index (χ3v) is 2.41. The lowest BCUT2D eigenvalue weighted by Crippen LogP contribution is -2.21. The lowest BCUT2D eigenvalue weighted by Gasteiger charge is -2.11. The second-order valence-electron chi connectivity index (χ2n) is 3.37. The van der Waals surface area contributed by atoms with Crippen LogP contribution < -0.4 is 5.32 Å². The molecule has 0 bridgehead atoms. The van der Waals surface area contributed by atoms with Crippen molar-refractivity contribution >= 4 is 12.1 Å². The lowest BCUT2D eigenvalue weighted by molar-refractivity contribution is 0.0598. The molecule has 1 saturated heterocycles. The highest BCUT2D eigenvalue weighted by Crippen LogP contribution is 2.22. The van der Waals surface area contributed by atoms with Gasteiger partial charge in [-0.25, -0.2) is 9.59 Å². The summed E-state index contributed by atoms with van der Waals surface area (Å²) in [5.74, 6) is -0.420. The first-order valence-corrected chi connectivity index (χ1v) is 4.83. The van der Waals surface area contributed by atoms with Crippen LogP contribution in [0.3, 0.4) is 0 Å². The highest BCUT2D eigenvalue weighted by atomic mass is 16.6. The lowest BCUT2D eigenvalue weighted by atomic mass is 10.0.